The van der Waals surface area contributed by atoms with E-state index in [2.05, 4.69) is 9.80 Å². The lowest BCUT2D eigenvalue weighted by Crippen LogP contribution is -2.49. The quantitative estimate of drug-likeness (QED) is 0.145. The van der Waals surface area contributed by atoms with Gasteiger partial charge in [0.05, 0.1) is 12.2 Å². The van der Waals surface area contributed by atoms with Crippen molar-refractivity contribution in [2.24, 2.45) is 28.6 Å². The van der Waals surface area contributed by atoms with Gasteiger partial charge in [0.15, 0.2) is 12.6 Å². The number of aryl methyl sites for hydroxylation is 1. The largest absolute Gasteiger partial charge is 0.468 e. The van der Waals surface area contributed by atoms with Gasteiger partial charge in [0, 0.05) is 44.2 Å². The fourth-order valence-electron chi connectivity index (χ4n) is 10.4. The fourth-order valence-corrected chi connectivity index (χ4v) is 10.4. The van der Waals surface area contributed by atoms with E-state index in [1.165, 1.54) is 38.5 Å². The monoisotopic (exact) mass is 744 g/mol. The summed E-state index contributed by atoms with van der Waals surface area (Å²) in [7, 11) is 1.50. The van der Waals surface area contributed by atoms with Gasteiger partial charge in [-0.1, -0.05) is 13.0 Å². The zero-order valence-corrected chi connectivity index (χ0v) is 31.4. The first-order valence-corrected chi connectivity index (χ1v) is 20.0. The van der Waals surface area contributed by atoms with Crippen LogP contribution in [0.25, 0.3) is 32.8 Å². The first-order chi connectivity index (χ1) is 26.2. The van der Waals surface area contributed by atoms with Gasteiger partial charge >= 0.3 is 6.01 Å². The number of ether oxygens (including phenoxy) is 3. The van der Waals surface area contributed by atoms with Crippen molar-refractivity contribution in [2.45, 2.75) is 71.1 Å². The number of hydrogen-bond acceptors (Lipinski definition) is 8. The molecular weight excluding hydrogens is 693 g/mol. The fraction of sp³-hybridized carbons (Fsp3) is 0.581. The maximum absolute atomic E-state index is 17.3. The summed E-state index contributed by atoms with van der Waals surface area (Å²) in [5.74, 6) is 0.319. The highest BCUT2D eigenvalue weighted by Gasteiger charge is 2.49. The second kappa shape index (κ2) is 14.1. The normalized spacial score (nSPS) is 23.3. The second-order valence-corrected chi connectivity index (χ2v) is 17.2. The van der Waals surface area contributed by atoms with Gasteiger partial charge < -0.3 is 29.1 Å². The molecule has 2 bridgehead atoms. The Hall–Kier alpha value is -3.67. The average molecular weight is 745 g/mol. The molecule has 1 spiro atoms. The van der Waals surface area contributed by atoms with E-state index in [1.807, 2.05) is 6.92 Å². The van der Waals surface area contributed by atoms with E-state index in [1.54, 1.807) is 18.2 Å². The van der Waals surface area contributed by atoms with Crippen molar-refractivity contribution in [3.63, 3.8) is 0 Å². The van der Waals surface area contributed by atoms with Gasteiger partial charge in [0.1, 0.15) is 28.7 Å². The number of aliphatic hydroxyl groups excluding tert-OH is 1. The van der Waals surface area contributed by atoms with Crippen LogP contribution in [-0.2, 0) is 11.2 Å². The molecular formula is C43H51F3N4O4. The van der Waals surface area contributed by atoms with E-state index in [0.717, 1.165) is 71.2 Å². The topological polar surface area (TPSA) is 80.2 Å². The Labute approximate surface area is 315 Å². The lowest BCUT2D eigenvalue weighted by atomic mass is 9.58. The molecule has 4 aromatic rings. The molecule has 9 rings (SSSR count). The van der Waals surface area contributed by atoms with Crippen LogP contribution in [0.2, 0.25) is 0 Å². The van der Waals surface area contributed by atoms with E-state index in [9.17, 15) is 5.11 Å². The van der Waals surface area contributed by atoms with Crippen molar-refractivity contribution in [1.29, 1.82) is 0 Å². The molecule has 2 atom stereocenters. The van der Waals surface area contributed by atoms with Crippen LogP contribution >= 0.6 is 0 Å². The molecule has 3 aromatic carbocycles. The number of piperidine rings is 2. The lowest BCUT2D eigenvalue weighted by molar-refractivity contribution is -0.0381. The summed E-state index contributed by atoms with van der Waals surface area (Å²) in [6.45, 7) is 7.10. The average Bonchev–Trinajstić information content (AvgIpc) is 3.85. The highest BCUT2D eigenvalue weighted by Crippen LogP contribution is 2.54. The highest BCUT2D eigenvalue weighted by atomic mass is 19.1. The third-order valence-corrected chi connectivity index (χ3v) is 13.5. The van der Waals surface area contributed by atoms with Crippen LogP contribution in [-0.4, -0.2) is 79.8 Å². The maximum Gasteiger partial charge on any atom is 0.319 e. The highest BCUT2D eigenvalue weighted by molar-refractivity contribution is 6.03. The lowest BCUT2D eigenvalue weighted by Gasteiger charge is -2.52. The van der Waals surface area contributed by atoms with Crippen molar-refractivity contribution < 1.29 is 32.5 Å². The molecule has 0 radical (unpaired) electrons. The number of rotatable bonds is 12. The molecule has 288 valence electrons. The Morgan fingerprint density at radius 2 is 1.69 bits per heavy atom. The summed E-state index contributed by atoms with van der Waals surface area (Å²) < 4.78 is 66.6. The minimum atomic E-state index is -0.835. The molecule has 1 N–H and O–H groups in total. The van der Waals surface area contributed by atoms with Gasteiger partial charge in [0.25, 0.3) is 0 Å². The first-order valence-electron chi connectivity index (χ1n) is 20.0. The third-order valence-electron chi connectivity index (χ3n) is 13.5. The number of benzene rings is 3. The third kappa shape index (κ3) is 6.57. The SMILES string of the molecule is CCc1c(F)ccc2cc(OCOC)cc(-c3c(F)cc4c(N5CC6CCC(C6)C5)nc(OCC5(CN6CCC7(CC6)CC(CO)C7)CC5)nc4c3F)c12. The first kappa shape index (κ1) is 36.0. The standard InChI is InChI=1S/C43H51F3N4O4/c1-3-31-34(44)7-6-29-15-30(54-25-52-2)16-32(36(29)31)37-35(45)17-33-39(38(37)46)47-41(48-40(33)50-20-26-4-5-27(14-26)21-50)53-24-43(8-9-43)23-49-12-10-42(11-13-49)18-28(19-42)22-51/h6-7,15-17,26-28,51H,3-5,8-14,18-25H2,1-2H3. The number of methoxy groups -OCH3 is 1. The van der Waals surface area contributed by atoms with E-state index in [0.29, 0.717) is 76.1 Å². The minimum Gasteiger partial charge on any atom is -0.468 e. The van der Waals surface area contributed by atoms with Gasteiger partial charge in [-0.3, -0.25) is 0 Å². The maximum atomic E-state index is 17.3. The van der Waals surface area contributed by atoms with Crippen LogP contribution in [0.15, 0.2) is 30.3 Å². The number of hydrogen-bond donors (Lipinski definition) is 1. The van der Waals surface area contributed by atoms with Crippen molar-refractivity contribution in [3.05, 3.63) is 53.3 Å². The van der Waals surface area contributed by atoms with Crippen LogP contribution in [0.4, 0.5) is 19.0 Å². The molecule has 5 fully saturated rings. The molecule has 2 saturated heterocycles. The van der Waals surface area contributed by atoms with Crippen molar-refractivity contribution in [1.82, 2.24) is 14.9 Å². The van der Waals surface area contributed by atoms with E-state index < -0.39 is 17.5 Å². The van der Waals surface area contributed by atoms with Crippen molar-refractivity contribution in [2.75, 3.05) is 64.7 Å². The van der Waals surface area contributed by atoms with Gasteiger partial charge in [0.2, 0.25) is 0 Å². The number of anilines is 1. The predicted molar refractivity (Wildman–Crippen MR) is 202 cm³/mol. The van der Waals surface area contributed by atoms with Gasteiger partial charge in [-0.25, -0.2) is 13.2 Å². The van der Waals surface area contributed by atoms with Crippen LogP contribution in [0.5, 0.6) is 11.8 Å². The number of nitrogens with zero attached hydrogens (tertiary/aromatic N) is 4. The Balaban J connectivity index is 1.08. The van der Waals surface area contributed by atoms with Crippen molar-refractivity contribution >= 4 is 27.5 Å². The van der Waals surface area contributed by atoms with Crippen LogP contribution < -0.4 is 14.4 Å². The Morgan fingerprint density at radius 1 is 0.926 bits per heavy atom. The van der Waals surface area contributed by atoms with E-state index in [-0.39, 0.29) is 34.9 Å². The molecule has 5 aliphatic rings. The van der Waals surface area contributed by atoms with E-state index >= 15 is 13.2 Å². The zero-order chi connectivity index (χ0) is 37.2. The predicted octanol–water partition coefficient (Wildman–Crippen LogP) is 8.29. The summed E-state index contributed by atoms with van der Waals surface area (Å²) in [6.07, 6.45) is 10.5. The molecule has 3 aliphatic carbocycles. The Morgan fingerprint density at radius 3 is 2.37 bits per heavy atom. The van der Waals surface area contributed by atoms with Crippen LogP contribution in [0, 0.1) is 46.0 Å². The number of aromatic nitrogens is 2. The van der Waals surface area contributed by atoms with Gasteiger partial charge in [-0.15, -0.1) is 0 Å². The van der Waals surface area contributed by atoms with E-state index in [4.69, 9.17) is 24.2 Å². The van der Waals surface area contributed by atoms with Crippen LogP contribution in [0.3, 0.4) is 0 Å². The molecule has 0 amide bonds. The summed E-state index contributed by atoms with van der Waals surface area (Å²) in [5, 5.41) is 10.9. The molecule has 2 unspecified atom stereocenters. The smallest absolute Gasteiger partial charge is 0.319 e. The van der Waals surface area contributed by atoms with Crippen molar-refractivity contribution in [3.8, 4) is 22.9 Å². The number of likely N-dealkylation sites (tertiary alicyclic amines) is 1. The molecule has 1 aromatic heterocycles. The van der Waals surface area contributed by atoms with Gasteiger partial charge in [-0.2, -0.15) is 9.97 Å². The summed E-state index contributed by atoms with van der Waals surface area (Å²) in [5.41, 5.74) is 0.678. The Kier molecular flexibility index (Phi) is 9.41. The molecule has 3 heterocycles. The minimum absolute atomic E-state index is 0.00481. The second-order valence-electron chi connectivity index (χ2n) is 17.2. The molecule has 8 nitrogen and oxygen atoms in total. The molecule has 54 heavy (non-hydrogen) atoms. The Bertz CT molecular complexity index is 2050. The van der Waals surface area contributed by atoms with Crippen LogP contribution in [0.1, 0.15) is 70.3 Å². The number of fused-ring (bicyclic) bond motifs is 4. The van der Waals surface area contributed by atoms with Gasteiger partial charge in [-0.05, 0) is 147 Å². The molecule has 2 aliphatic heterocycles. The summed E-state index contributed by atoms with van der Waals surface area (Å²) >= 11 is 0. The summed E-state index contributed by atoms with van der Waals surface area (Å²) in [4.78, 5) is 14.3. The number of aliphatic hydroxyl groups is 1. The molecule has 3 saturated carbocycles. The number of halogens is 3. The molecule has 11 heteroatoms. The zero-order valence-electron chi connectivity index (χ0n) is 31.4. The summed E-state index contributed by atoms with van der Waals surface area (Å²) in [6, 6.07) is 7.73.